The topological polar surface area (TPSA) is 93.5 Å². The molecular weight excluding hydrogens is 306 g/mol. The van der Waals surface area contributed by atoms with E-state index in [-0.39, 0.29) is 24.2 Å². The molecule has 0 aliphatic rings. The molecule has 22 heavy (non-hydrogen) atoms. The van der Waals surface area contributed by atoms with Crippen molar-refractivity contribution >= 4 is 35.6 Å². The average molecular weight is 330 g/mol. The second-order valence-corrected chi connectivity index (χ2v) is 4.83. The summed E-state index contributed by atoms with van der Waals surface area (Å²) in [5.41, 5.74) is 6.93. The van der Waals surface area contributed by atoms with E-state index in [4.69, 9.17) is 10.5 Å². The highest BCUT2D eigenvalue weighted by Gasteiger charge is 2.14. The molecular formula is C15H24ClN3O3. The number of hydrogen-bond acceptors (Lipinski definition) is 4. The van der Waals surface area contributed by atoms with E-state index in [1.165, 1.54) is 7.11 Å². The third-order valence-electron chi connectivity index (χ3n) is 3.06. The molecule has 1 aromatic rings. The lowest BCUT2D eigenvalue weighted by Crippen LogP contribution is -2.35. The molecule has 0 spiro atoms. The molecule has 2 atom stereocenters. The van der Waals surface area contributed by atoms with Crippen LogP contribution in [0.4, 0.5) is 11.4 Å². The highest BCUT2D eigenvalue weighted by Crippen LogP contribution is 2.16. The third-order valence-corrected chi connectivity index (χ3v) is 3.06. The summed E-state index contributed by atoms with van der Waals surface area (Å²) in [7, 11) is 1.47. The maximum Gasteiger partial charge on any atom is 0.253 e. The van der Waals surface area contributed by atoms with Crippen molar-refractivity contribution in [3.8, 4) is 0 Å². The molecule has 4 N–H and O–H groups in total. The zero-order chi connectivity index (χ0) is 15.8. The molecule has 2 unspecified atom stereocenters. The number of rotatable bonds is 7. The number of amides is 2. The van der Waals surface area contributed by atoms with Crippen LogP contribution in [-0.2, 0) is 14.3 Å². The van der Waals surface area contributed by atoms with Gasteiger partial charge in [0.15, 0.2) is 0 Å². The Labute approximate surface area is 137 Å². The van der Waals surface area contributed by atoms with Crippen molar-refractivity contribution in [2.24, 2.45) is 5.73 Å². The fraction of sp³-hybridized carbons (Fsp3) is 0.467. The Morgan fingerprint density at radius 1 is 1.23 bits per heavy atom. The smallest absolute Gasteiger partial charge is 0.253 e. The predicted molar refractivity (Wildman–Crippen MR) is 90.3 cm³/mol. The fourth-order valence-corrected chi connectivity index (χ4v) is 1.70. The summed E-state index contributed by atoms with van der Waals surface area (Å²) < 4.78 is 4.94. The van der Waals surface area contributed by atoms with Crippen LogP contribution >= 0.6 is 12.4 Å². The molecule has 1 rings (SSSR count). The number of carbonyl (C=O) groups is 2. The fourth-order valence-electron chi connectivity index (χ4n) is 1.70. The van der Waals surface area contributed by atoms with E-state index in [0.29, 0.717) is 17.8 Å². The van der Waals surface area contributed by atoms with Crippen molar-refractivity contribution in [3.63, 3.8) is 0 Å². The molecule has 6 nitrogen and oxygen atoms in total. The normalized spacial score (nSPS) is 12.7. The Balaban J connectivity index is 0.00000441. The first-order chi connectivity index (χ1) is 9.97. The summed E-state index contributed by atoms with van der Waals surface area (Å²) in [6, 6.07) is 6.38. The van der Waals surface area contributed by atoms with Crippen LogP contribution in [0.25, 0.3) is 0 Å². The number of hydrogen-bond donors (Lipinski definition) is 3. The standard InChI is InChI=1S/C15H23N3O3.ClH/c1-4-6-13(16)15(20)18-12-8-5-7-11(9-12)17-14(19)10(2)21-3;/h5,7-10,13H,4,6,16H2,1-3H3,(H,17,19)(H,18,20);1H. The molecule has 0 radical (unpaired) electrons. The van der Waals surface area contributed by atoms with Gasteiger partial charge in [0.05, 0.1) is 6.04 Å². The maximum absolute atomic E-state index is 11.8. The summed E-state index contributed by atoms with van der Waals surface area (Å²) in [5.74, 6) is -0.478. The number of ether oxygens (including phenoxy) is 1. The number of nitrogens with one attached hydrogen (secondary N) is 2. The van der Waals surface area contributed by atoms with E-state index in [0.717, 1.165) is 6.42 Å². The monoisotopic (exact) mass is 329 g/mol. The van der Waals surface area contributed by atoms with E-state index in [9.17, 15) is 9.59 Å². The summed E-state index contributed by atoms with van der Waals surface area (Å²) in [6.07, 6.45) is 0.939. The first-order valence-electron chi connectivity index (χ1n) is 6.98. The van der Waals surface area contributed by atoms with Crippen LogP contribution < -0.4 is 16.4 Å². The Morgan fingerprint density at radius 2 is 1.77 bits per heavy atom. The lowest BCUT2D eigenvalue weighted by atomic mass is 10.1. The van der Waals surface area contributed by atoms with Gasteiger partial charge in [-0.3, -0.25) is 9.59 Å². The van der Waals surface area contributed by atoms with Crippen LogP contribution in [0, 0.1) is 0 Å². The van der Waals surface area contributed by atoms with Gasteiger partial charge in [0.2, 0.25) is 5.91 Å². The van der Waals surface area contributed by atoms with Crippen molar-refractivity contribution in [2.45, 2.75) is 38.8 Å². The van der Waals surface area contributed by atoms with Crippen LogP contribution in [0.1, 0.15) is 26.7 Å². The largest absolute Gasteiger partial charge is 0.372 e. The van der Waals surface area contributed by atoms with E-state index in [1.807, 2.05) is 6.92 Å². The number of benzene rings is 1. The Bertz CT molecular complexity index is 497. The van der Waals surface area contributed by atoms with Gasteiger partial charge in [0.25, 0.3) is 5.91 Å². The first kappa shape index (κ1) is 20.4. The van der Waals surface area contributed by atoms with Crippen LogP contribution in [0.15, 0.2) is 24.3 Å². The number of methoxy groups -OCH3 is 1. The quantitative estimate of drug-likeness (QED) is 0.714. The van der Waals surface area contributed by atoms with E-state index in [1.54, 1.807) is 31.2 Å². The highest BCUT2D eigenvalue weighted by molar-refractivity contribution is 5.97. The molecule has 0 aromatic heterocycles. The molecule has 0 saturated carbocycles. The van der Waals surface area contributed by atoms with Crippen LogP contribution in [0.5, 0.6) is 0 Å². The second-order valence-electron chi connectivity index (χ2n) is 4.83. The van der Waals surface area contributed by atoms with Gasteiger partial charge in [-0.2, -0.15) is 0 Å². The van der Waals surface area contributed by atoms with Gasteiger partial charge in [-0.1, -0.05) is 19.4 Å². The minimum Gasteiger partial charge on any atom is -0.372 e. The van der Waals surface area contributed by atoms with Crippen molar-refractivity contribution in [2.75, 3.05) is 17.7 Å². The van der Waals surface area contributed by atoms with E-state index in [2.05, 4.69) is 10.6 Å². The summed E-state index contributed by atoms with van der Waals surface area (Å²) in [4.78, 5) is 23.6. The zero-order valence-electron chi connectivity index (χ0n) is 13.1. The van der Waals surface area contributed by atoms with Gasteiger partial charge in [-0.15, -0.1) is 12.4 Å². The number of anilines is 2. The first-order valence-corrected chi connectivity index (χ1v) is 6.98. The minimum atomic E-state index is -0.541. The van der Waals surface area contributed by atoms with E-state index < -0.39 is 12.1 Å². The van der Waals surface area contributed by atoms with Crippen LogP contribution in [0.2, 0.25) is 0 Å². The van der Waals surface area contributed by atoms with Crippen molar-refractivity contribution in [1.82, 2.24) is 0 Å². The van der Waals surface area contributed by atoms with Gasteiger partial charge in [-0.05, 0) is 31.5 Å². The average Bonchev–Trinajstić information content (AvgIpc) is 2.46. The maximum atomic E-state index is 11.8. The SMILES string of the molecule is CCCC(N)C(=O)Nc1cccc(NC(=O)C(C)OC)c1.Cl. The van der Waals surface area contributed by atoms with Gasteiger partial charge in [0, 0.05) is 18.5 Å². The molecule has 2 amide bonds. The van der Waals surface area contributed by atoms with Gasteiger partial charge < -0.3 is 21.1 Å². The lowest BCUT2D eigenvalue weighted by Gasteiger charge is -2.13. The van der Waals surface area contributed by atoms with Crippen LogP contribution in [0.3, 0.4) is 0 Å². The molecule has 0 saturated heterocycles. The van der Waals surface area contributed by atoms with E-state index >= 15 is 0 Å². The van der Waals surface area contributed by atoms with Gasteiger partial charge in [0.1, 0.15) is 6.10 Å². The van der Waals surface area contributed by atoms with Crippen molar-refractivity contribution in [1.29, 1.82) is 0 Å². The summed E-state index contributed by atoms with van der Waals surface area (Å²) in [5, 5.41) is 5.45. The Kier molecular flexibility index (Phi) is 9.40. The molecule has 0 aliphatic heterocycles. The predicted octanol–water partition coefficient (Wildman–Crippen LogP) is 2.15. The highest BCUT2D eigenvalue weighted by atomic mass is 35.5. The van der Waals surface area contributed by atoms with Crippen molar-refractivity contribution < 1.29 is 14.3 Å². The summed E-state index contributed by atoms with van der Waals surface area (Å²) >= 11 is 0. The third kappa shape index (κ3) is 6.43. The number of halogens is 1. The molecule has 0 aliphatic carbocycles. The molecule has 0 fully saturated rings. The second kappa shape index (κ2) is 10.2. The van der Waals surface area contributed by atoms with Crippen molar-refractivity contribution in [3.05, 3.63) is 24.3 Å². The Hall–Kier alpha value is -1.63. The molecule has 124 valence electrons. The lowest BCUT2D eigenvalue weighted by molar-refractivity contribution is -0.124. The molecule has 1 aromatic carbocycles. The molecule has 7 heteroatoms. The number of nitrogens with two attached hydrogens (primary N) is 1. The minimum absolute atomic E-state index is 0. The zero-order valence-corrected chi connectivity index (χ0v) is 13.9. The van der Waals surface area contributed by atoms with Gasteiger partial charge >= 0.3 is 0 Å². The summed E-state index contributed by atoms with van der Waals surface area (Å²) in [6.45, 7) is 3.63. The van der Waals surface area contributed by atoms with Crippen LogP contribution in [-0.4, -0.2) is 31.1 Å². The van der Waals surface area contributed by atoms with Gasteiger partial charge in [-0.25, -0.2) is 0 Å². The molecule has 0 bridgehead atoms. The number of carbonyl (C=O) groups excluding carboxylic acids is 2. The Morgan fingerprint density at radius 3 is 2.27 bits per heavy atom. The molecule has 0 heterocycles.